The number of hydrogen-bond donors (Lipinski definition) is 3. The fourth-order valence-electron chi connectivity index (χ4n) is 2.16. The molecule has 0 radical (unpaired) electrons. The van der Waals surface area contributed by atoms with Crippen molar-refractivity contribution in [2.24, 2.45) is 0 Å². The maximum Gasteiger partial charge on any atom is 0.222 e. The summed E-state index contributed by atoms with van der Waals surface area (Å²) < 4.78 is 13.7. The Balaban J connectivity index is 2.01. The third-order valence-corrected chi connectivity index (χ3v) is 3.08. The van der Waals surface area contributed by atoms with E-state index in [2.05, 4.69) is 20.6 Å². The Morgan fingerprint density at radius 3 is 2.95 bits per heavy atom. The summed E-state index contributed by atoms with van der Waals surface area (Å²) >= 11 is 0. The summed E-state index contributed by atoms with van der Waals surface area (Å²) in [6.07, 6.45) is 0.800. The third kappa shape index (κ3) is 2.34. The molecular weight excluding hydrogens is 245 g/mol. The average Bonchev–Trinajstić information content (AvgIpc) is 2.41. The Bertz CT molecular complexity index is 614. The molecule has 1 aliphatic heterocycles. The lowest BCUT2D eigenvalue weighted by molar-refractivity contribution is 0.625. The molecule has 0 unspecified atom stereocenters. The third-order valence-electron chi connectivity index (χ3n) is 3.08. The number of rotatable bonds is 2. The van der Waals surface area contributed by atoms with Crippen LogP contribution in [0, 0.1) is 5.82 Å². The molecule has 1 aromatic carbocycles. The topological polar surface area (TPSA) is 75.9 Å². The molecule has 98 valence electrons. The lowest BCUT2D eigenvalue weighted by Crippen LogP contribution is -2.26. The van der Waals surface area contributed by atoms with Crippen LogP contribution in [0.15, 0.2) is 24.3 Å². The average molecular weight is 259 g/mol. The predicted octanol–water partition coefficient (Wildman–Crippen LogP) is 1.59. The van der Waals surface area contributed by atoms with Gasteiger partial charge in [0.1, 0.15) is 11.6 Å². The summed E-state index contributed by atoms with van der Waals surface area (Å²) in [5, 5.41) is 6.24. The highest BCUT2D eigenvalue weighted by atomic mass is 19.1. The van der Waals surface area contributed by atoms with Gasteiger partial charge in [-0.05, 0) is 12.1 Å². The first-order valence-electron chi connectivity index (χ1n) is 6.11. The van der Waals surface area contributed by atoms with Gasteiger partial charge in [-0.15, -0.1) is 0 Å². The molecule has 0 fully saturated rings. The first-order chi connectivity index (χ1) is 9.24. The van der Waals surface area contributed by atoms with Gasteiger partial charge in [-0.3, -0.25) is 0 Å². The van der Waals surface area contributed by atoms with Crippen LogP contribution < -0.4 is 16.4 Å². The minimum Gasteiger partial charge on any atom is -0.368 e. The van der Waals surface area contributed by atoms with Gasteiger partial charge < -0.3 is 16.4 Å². The van der Waals surface area contributed by atoms with Gasteiger partial charge >= 0.3 is 0 Å². The molecule has 0 amide bonds. The molecular formula is C13H14FN5. The number of fused-ring (bicyclic) bond motifs is 1. The molecule has 1 aliphatic rings. The summed E-state index contributed by atoms with van der Waals surface area (Å²) in [6, 6.07) is 6.47. The molecule has 19 heavy (non-hydrogen) atoms. The number of nitrogens with one attached hydrogen (secondary N) is 2. The molecule has 0 saturated carbocycles. The second-order valence-electron chi connectivity index (χ2n) is 4.39. The van der Waals surface area contributed by atoms with Gasteiger partial charge in [-0.25, -0.2) is 9.37 Å². The van der Waals surface area contributed by atoms with Crippen LogP contribution in [0.25, 0.3) is 0 Å². The maximum atomic E-state index is 13.7. The summed E-state index contributed by atoms with van der Waals surface area (Å²) in [6.45, 7) is 1.52. The summed E-state index contributed by atoms with van der Waals surface area (Å²) in [5.74, 6) is 0.455. The minimum absolute atomic E-state index is 0.208. The van der Waals surface area contributed by atoms with Crippen LogP contribution in [0.5, 0.6) is 0 Å². The van der Waals surface area contributed by atoms with Crippen molar-refractivity contribution in [3.63, 3.8) is 0 Å². The minimum atomic E-state index is -0.322. The van der Waals surface area contributed by atoms with E-state index >= 15 is 0 Å². The monoisotopic (exact) mass is 259 g/mol. The second-order valence-corrected chi connectivity index (χ2v) is 4.39. The van der Waals surface area contributed by atoms with Crippen LogP contribution >= 0.6 is 0 Å². The molecule has 0 bridgehead atoms. The molecule has 0 aliphatic carbocycles. The van der Waals surface area contributed by atoms with E-state index in [-0.39, 0.29) is 11.8 Å². The van der Waals surface area contributed by atoms with Crippen molar-refractivity contribution in [3.8, 4) is 0 Å². The molecule has 0 spiro atoms. The number of anilines is 3. The van der Waals surface area contributed by atoms with E-state index in [1.54, 1.807) is 18.2 Å². The molecule has 4 N–H and O–H groups in total. The zero-order valence-electron chi connectivity index (χ0n) is 10.3. The first-order valence-corrected chi connectivity index (χ1v) is 6.11. The summed E-state index contributed by atoms with van der Waals surface area (Å²) in [4.78, 5) is 8.40. The van der Waals surface area contributed by atoms with Crippen molar-refractivity contribution in [1.29, 1.82) is 0 Å². The first kappa shape index (κ1) is 11.9. The van der Waals surface area contributed by atoms with Crippen molar-refractivity contribution in [1.82, 2.24) is 15.3 Å². The van der Waals surface area contributed by atoms with Gasteiger partial charge in [0.15, 0.2) is 0 Å². The number of halogens is 1. The molecule has 6 heteroatoms. The fraction of sp³-hybridized carbons (Fsp3) is 0.231. The van der Waals surface area contributed by atoms with Crippen molar-refractivity contribution < 1.29 is 4.39 Å². The second kappa shape index (κ2) is 4.81. The van der Waals surface area contributed by atoms with E-state index in [0.717, 1.165) is 24.2 Å². The van der Waals surface area contributed by atoms with Gasteiger partial charge in [-0.1, -0.05) is 12.1 Å². The number of para-hydroxylation sites is 1. The number of hydrogen-bond acceptors (Lipinski definition) is 5. The fourth-order valence-corrected chi connectivity index (χ4v) is 2.16. The van der Waals surface area contributed by atoms with Crippen molar-refractivity contribution in [3.05, 3.63) is 41.3 Å². The van der Waals surface area contributed by atoms with E-state index in [0.29, 0.717) is 18.1 Å². The maximum absolute atomic E-state index is 13.7. The van der Waals surface area contributed by atoms with E-state index in [1.807, 2.05) is 0 Å². The number of aromatic nitrogens is 2. The van der Waals surface area contributed by atoms with Gasteiger partial charge in [0.2, 0.25) is 5.95 Å². The SMILES string of the molecule is Nc1nc2c(c(Nc3ccccc3F)n1)CNCC2. The summed E-state index contributed by atoms with van der Waals surface area (Å²) in [7, 11) is 0. The molecule has 2 heterocycles. The van der Waals surface area contributed by atoms with E-state index in [9.17, 15) is 4.39 Å². The number of nitrogens with two attached hydrogens (primary N) is 1. The van der Waals surface area contributed by atoms with Gasteiger partial charge in [0, 0.05) is 25.1 Å². The van der Waals surface area contributed by atoms with E-state index in [1.165, 1.54) is 6.07 Å². The quantitative estimate of drug-likeness (QED) is 0.763. The Morgan fingerprint density at radius 1 is 1.26 bits per heavy atom. The van der Waals surface area contributed by atoms with Crippen LogP contribution in [0.2, 0.25) is 0 Å². The Kier molecular flexibility index (Phi) is 3.00. The Hall–Kier alpha value is -2.21. The largest absolute Gasteiger partial charge is 0.368 e. The lowest BCUT2D eigenvalue weighted by atomic mass is 10.1. The molecule has 3 rings (SSSR count). The molecule has 2 aromatic rings. The Labute approximate surface area is 110 Å². The predicted molar refractivity (Wildman–Crippen MR) is 71.5 cm³/mol. The van der Waals surface area contributed by atoms with Gasteiger partial charge in [-0.2, -0.15) is 4.98 Å². The Morgan fingerprint density at radius 2 is 2.11 bits per heavy atom. The highest BCUT2D eigenvalue weighted by Gasteiger charge is 2.17. The number of benzene rings is 1. The highest BCUT2D eigenvalue weighted by Crippen LogP contribution is 2.25. The van der Waals surface area contributed by atoms with Crippen LogP contribution in [0.3, 0.4) is 0 Å². The number of nitrogen functional groups attached to an aromatic ring is 1. The standard InChI is InChI=1S/C13H14FN5/c14-9-3-1-2-4-11(9)17-12-8-7-16-6-5-10(8)18-13(15)19-12/h1-4,16H,5-7H2,(H3,15,17,18,19). The van der Waals surface area contributed by atoms with Crippen molar-refractivity contribution in [2.75, 3.05) is 17.6 Å². The number of nitrogens with zero attached hydrogens (tertiary/aromatic N) is 2. The van der Waals surface area contributed by atoms with Crippen LogP contribution in [0.4, 0.5) is 21.8 Å². The van der Waals surface area contributed by atoms with Gasteiger partial charge in [0.25, 0.3) is 0 Å². The molecule has 1 aromatic heterocycles. The normalized spacial score (nSPS) is 13.9. The smallest absolute Gasteiger partial charge is 0.222 e. The van der Waals surface area contributed by atoms with Crippen LogP contribution in [-0.2, 0) is 13.0 Å². The van der Waals surface area contributed by atoms with Crippen molar-refractivity contribution in [2.45, 2.75) is 13.0 Å². The van der Waals surface area contributed by atoms with Gasteiger partial charge in [0.05, 0.1) is 11.4 Å². The molecule has 0 saturated heterocycles. The van der Waals surface area contributed by atoms with Crippen LogP contribution in [-0.4, -0.2) is 16.5 Å². The van der Waals surface area contributed by atoms with E-state index < -0.39 is 0 Å². The lowest BCUT2D eigenvalue weighted by Gasteiger charge is -2.20. The van der Waals surface area contributed by atoms with Crippen molar-refractivity contribution >= 4 is 17.5 Å². The highest BCUT2D eigenvalue weighted by molar-refractivity contribution is 5.62. The zero-order valence-corrected chi connectivity index (χ0v) is 10.3. The van der Waals surface area contributed by atoms with E-state index in [4.69, 9.17) is 5.73 Å². The summed E-state index contributed by atoms with van der Waals surface area (Å²) in [5.41, 5.74) is 7.95. The molecule has 5 nitrogen and oxygen atoms in total. The zero-order chi connectivity index (χ0) is 13.2. The van der Waals surface area contributed by atoms with Crippen LogP contribution in [0.1, 0.15) is 11.3 Å². The molecule has 0 atom stereocenters.